The van der Waals surface area contributed by atoms with Crippen LogP contribution in [-0.4, -0.2) is 39.2 Å². The maximum Gasteiger partial charge on any atom is 0.244 e. The van der Waals surface area contributed by atoms with E-state index in [0.717, 1.165) is 24.2 Å². The number of aryl methyl sites for hydroxylation is 2. The molecule has 1 rings (SSSR count). The summed E-state index contributed by atoms with van der Waals surface area (Å²) in [6, 6.07) is 2.06. The Morgan fingerprint density at radius 3 is 2.68 bits per heavy atom. The van der Waals surface area contributed by atoms with Gasteiger partial charge in [0.15, 0.2) is 0 Å². The Labute approximate surface area is 119 Å². The van der Waals surface area contributed by atoms with Crippen molar-refractivity contribution in [2.75, 3.05) is 13.6 Å². The second-order valence-corrected chi connectivity index (χ2v) is 5.05. The lowest BCUT2D eigenvalue weighted by Gasteiger charge is -2.17. The fourth-order valence-corrected chi connectivity index (χ4v) is 1.85. The van der Waals surface area contributed by atoms with Gasteiger partial charge in [0.1, 0.15) is 6.54 Å². The number of aromatic nitrogens is 2. The number of carbonyl (C=O) groups excluding carboxylic acids is 1. The lowest BCUT2D eigenvalue weighted by atomic mass is 10.2. The maximum absolute atomic E-state index is 12.1. The lowest BCUT2D eigenvalue weighted by molar-refractivity contribution is -0.130. The predicted octanol–water partition coefficient (Wildman–Crippen LogP) is 1.14. The largest absolute Gasteiger partial charge is 0.393 e. The van der Waals surface area contributed by atoms with Gasteiger partial charge < -0.3 is 10.6 Å². The van der Waals surface area contributed by atoms with E-state index in [-0.39, 0.29) is 12.5 Å². The van der Waals surface area contributed by atoms with E-state index in [1.807, 2.05) is 0 Å². The third-order valence-electron chi connectivity index (χ3n) is 3.04. The number of nitrogens with two attached hydrogens (primary N) is 1. The zero-order valence-corrected chi connectivity index (χ0v) is 12.7. The molecular formula is C13H22N4OS. The van der Waals surface area contributed by atoms with E-state index in [2.05, 4.69) is 25.0 Å². The van der Waals surface area contributed by atoms with Gasteiger partial charge in [0.05, 0.1) is 10.7 Å². The van der Waals surface area contributed by atoms with E-state index in [0.29, 0.717) is 18.0 Å². The summed E-state index contributed by atoms with van der Waals surface area (Å²) in [7, 11) is 1.76. The third-order valence-corrected chi connectivity index (χ3v) is 3.25. The molecule has 0 aliphatic rings. The van der Waals surface area contributed by atoms with Gasteiger partial charge in [0.25, 0.3) is 0 Å². The molecule has 1 heterocycles. The van der Waals surface area contributed by atoms with Crippen molar-refractivity contribution in [3.05, 3.63) is 17.5 Å². The van der Waals surface area contributed by atoms with Gasteiger partial charge in [-0.1, -0.05) is 26.1 Å². The average Bonchev–Trinajstić information content (AvgIpc) is 2.77. The fourth-order valence-electron chi connectivity index (χ4n) is 1.76. The van der Waals surface area contributed by atoms with Crippen LogP contribution in [-0.2, 0) is 24.2 Å². The average molecular weight is 282 g/mol. The zero-order chi connectivity index (χ0) is 14.4. The molecule has 1 aromatic heterocycles. The van der Waals surface area contributed by atoms with Crippen LogP contribution in [0.5, 0.6) is 0 Å². The topological polar surface area (TPSA) is 64.2 Å². The Kier molecular flexibility index (Phi) is 5.95. The normalized spacial score (nSPS) is 10.5. The number of carbonyl (C=O) groups is 1. The number of hydrogen-bond donors (Lipinski definition) is 1. The molecule has 1 aromatic rings. The first kappa shape index (κ1) is 15.6. The van der Waals surface area contributed by atoms with E-state index >= 15 is 0 Å². The molecule has 0 unspecified atom stereocenters. The highest BCUT2D eigenvalue weighted by molar-refractivity contribution is 7.80. The molecule has 0 fully saturated rings. The predicted molar refractivity (Wildman–Crippen MR) is 80.0 cm³/mol. The molecule has 0 saturated carbocycles. The molecule has 106 valence electrons. The van der Waals surface area contributed by atoms with Crippen LogP contribution in [0.3, 0.4) is 0 Å². The van der Waals surface area contributed by atoms with Gasteiger partial charge in [0, 0.05) is 25.7 Å². The van der Waals surface area contributed by atoms with Gasteiger partial charge >= 0.3 is 0 Å². The van der Waals surface area contributed by atoms with E-state index in [1.54, 1.807) is 16.6 Å². The lowest BCUT2D eigenvalue weighted by Crippen LogP contribution is -2.33. The standard InChI is InChI=1S/C13H22N4OS/c1-4-10-8-11(5-2)17(15-10)9-13(18)16(3)7-6-12(14)19/h8H,4-7,9H2,1-3H3,(H2,14,19). The summed E-state index contributed by atoms with van der Waals surface area (Å²) in [6.07, 6.45) is 2.31. The molecule has 0 aliphatic heterocycles. The van der Waals surface area contributed by atoms with Crippen molar-refractivity contribution < 1.29 is 4.79 Å². The van der Waals surface area contributed by atoms with Crippen molar-refractivity contribution in [3.63, 3.8) is 0 Å². The van der Waals surface area contributed by atoms with Crippen molar-refractivity contribution in [3.8, 4) is 0 Å². The quantitative estimate of drug-likeness (QED) is 0.762. The summed E-state index contributed by atoms with van der Waals surface area (Å²) in [5.41, 5.74) is 7.55. The minimum absolute atomic E-state index is 0.0247. The molecular weight excluding hydrogens is 260 g/mol. The Hall–Kier alpha value is -1.43. The number of hydrogen-bond acceptors (Lipinski definition) is 3. The van der Waals surface area contributed by atoms with E-state index in [1.165, 1.54) is 0 Å². The first-order valence-corrected chi connectivity index (χ1v) is 6.96. The van der Waals surface area contributed by atoms with Crippen LogP contribution in [0.15, 0.2) is 6.07 Å². The third kappa shape index (κ3) is 4.63. The van der Waals surface area contributed by atoms with Crippen molar-refractivity contribution >= 4 is 23.1 Å². The molecule has 0 spiro atoms. The number of amides is 1. The van der Waals surface area contributed by atoms with Crippen LogP contribution in [0.2, 0.25) is 0 Å². The summed E-state index contributed by atoms with van der Waals surface area (Å²) in [5.74, 6) is 0.0247. The summed E-state index contributed by atoms with van der Waals surface area (Å²) in [4.78, 5) is 14.1. The molecule has 1 amide bonds. The van der Waals surface area contributed by atoms with Gasteiger partial charge in [-0.05, 0) is 18.9 Å². The van der Waals surface area contributed by atoms with Gasteiger partial charge in [-0.15, -0.1) is 0 Å². The van der Waals surface area contributed by atoms with Crippen LogP contribution >= 0.6 is 12.2 Å². The van der Waals surface area contributed by atoms with Crippen molar-refractivity contribution in [1.29, 1.82) is 0 Å². The Morgan fingerprint density at radius 1 is 1.47 bits per heavy atom. The van der Waals surface area contributed by atoms with E-state index in [9.17, 15) is 4.79 Å². The van der Waals surface area contributed by atoms with Gasteiger partial charge in [-0.2, -0.15) is 5.10 Å². The van der Waals surface area contributed by atoms with Crippen LogP contribution in [0, 0.1) is 0 Å². The summed E-state index contributed by atoms with van der Waals surface area (Å²) in [5, 5.41) is 4.44. The SMILES string of the molecule is CCc1cc(CC)n(CC(=O)N(C)CCC(N)=S)n1. The summed E-state index contributed by atoms with van der Waals surface area (Å²) < 4.78 is 1.79. The Morgan fingerprint density at radius 2 is 2.16 bits per heavy atom. The van der Waals surface area contributed by atoms with Crippen LogP contribution in [0.1, 0.15) is 31.7 Å². The molecule has 0 saturated heterocycles. The molecule has 19 heavy (non-hydrogen) atoms. The number of likely N-dealkylation sites (N-methyl/N-ethyl adjacent to an activating group) is 1. The smallest absolute Gasteiger partial charge is 0.244 e. The second-order valence-electron chi connectivity index (χ2n) is 4.52. The van der Waals surface area contributed by atoms with Crippen LogP contribution < -0.4 is 5.73 Å². The maximum atomic E-state index is 12.1. The Balaban J connectivity index is 2.65. The van der Waals surface area contributed by atoms with Gasteiger partial charge in [0.2, 0.25) is 5.91 Å². The molecule has 0 atom stereocenters. The highest BCUT2D eigenvalue weighted by Crippen LogP contribution is 2.07. The minimum Gasteiger partial charge on any atom is -0.393 e. The van der Waals surface area contributed by atoms with Gasteiger partial charge in [-0.25, -0.2) is 0 Å². The first-order valence-electron chi connectivity index (χ1n) is 6.55. The number of nitrogens with zero attached hydrogens (tertiary/aromatic N) is 3. The van der Waals surface area contributed by atoms with Gasteiger partial charge in [-0.3, -0.25) is 9.48 Å². The highest BCUT2D eigenvalue weighted by Gasteiger charge is 2.13. The molecule has 0 aliphatic carbocycles. The second kappa shape index (κ2) is 7.23. The van der Waals surface area contributed by atoms with E-state index < -0.39 is 0 Å². The monoisotopic (exact) mass is 282 g/mol. The van der Waals surface area contributed by atoms with Crippen LogP contribution in [0.25, 0.3) is 0 Å². The van der Waals surface area contributed by atoms with E-state index in [4.69, 9.17) is 18.0 Å². The summed E-state index contributed by atoms with van der Waals surface area (Å²) >= 11 is 4.81. The summed E-state index contributed by atoms with van der Waals surface area (Å²) in [6.45, 7) is 4.95. The number of thiocarbonyl (C=S) groups is 1. The molecule has 0 bridgehead atoms. The first-order chi connectivity index (χ1) is 8.97. The zero-order valence-electron chi connectivity index (χ0n) is 11.8. The van der Waals surface area contributed by atoms with Crippen molar-refractivity contribution in [1.82, 2.24) is 14.7 Å². The molecule has 5 nitrogen and oxygen atoms in total. The van der Waals surface area contributed by atoms with Crippen molar-refractivity contribution in [2.45, 2.75) is 39.7 Å². The minimum atomic E-state index is 0.0247. The van der Waals surface area contributed by atoms with Crippen molar-refractivity contribution in [2.24, 2.45) is 5.73 Å². The van der Waals surface area contributed by atoms with Crippen LogP contribution in [0.4, 0.5) is 0 Å². The fraction of sp³-hybridized carbons (Fsp3) is 0.615. The highest BCUT2D eigenvalue weighted by atomic mass is 32.1. The Bertz CT molecular complexity index is 455. The molecule has 2 N–H and O–H groups in total. The number of rotatable bonds is 7. The molecule has 0 aromatic carbocycles. The molecule has 0 radical (unpaired) electrons. The molecule has 6 heteroatoms.